The molecular weight excluding hydrogens is 835 g/mol. The molecule has 0 amide bonds. The van der Waals surface area contributed by atoms with Crippen molar-refractivity contribution in [3.8, 4) is 0 Å². The van der Waals surface area contributed by atoms with Crippen LogP contribution in [0.15, 0.2) is 85.1 Å². The highest BCUT2D eigenvalue weighted by Gasteiger charge is 2.51. The van der Waals surface area contributed by atoms with Crippen LogP contribution in [0.1, 0.15) is 85.5 Å². The third kappa shape index (κ3) is 18.5. The van der Waals surface area contributed by atoms with E-state index >= 15 is 0 Å². The van der Waals surface area contributed by atoms with Crippen LogP contribution in [0.3, 0.4) is 0 Å². The van der Waals surface area contributed by atoms with E-state index in [1.807, 2.05) is 43.4 Å². The van der Waals surface area contributed by atoms with Crippen LogP contribution in [-0.2, 0) is 28.5 Å². The largest absolute Gasteiger partial charge is 0.481 e. The summed E-state index contributed by atoms with van der Waals surface area (Å²) in [6, 6.07) is -1.13. The number of aliphatic hydroxyl groups excluding tert-OH is 8. The Balaban J connectivity index is 1.84. The summed E-state index contributed by atoms with van der Waals surface area (Å²) in [4.78, 5) is 25.1. The summed E-state index contributed by atoms with van der Waals surface area (Å²) in [5.41, 5.74) is 6.02. The lowest BCUT2D eigenvalue weighted by Crippen LogP contribution is -2.61. The Morgan fingerprint density at radius 3 is 1.78 bits per heavy atom. The second-order valence-electron chi connectivity index (χ2n) is 17.4. The molecule has 0 spiro atoms. The van der Waals surface area contributed by atoms with E-state index in [9.17, 15) is 60.7 Å². The Bertz CT molecular complexity index is 1630. The van der Waals surface area contributed by atoms with Crippen LogP contribution in [0, 0.1) is 17.8 Å². The molecular formula is C47H73NO16. The zero-order valence-corrected chi connectivity index (χ0v) is 37.3. The fourth-order valence-corrected chi connectivity index (χ4v) is 8.00. The lowest BCUT2D eigenvalue weighted by molar-refractivity contribution is -0.308. The molecule has 12 N–H and O–H groups in total. The van der Waals surface area contributed by atoms with Crippen molar-refractivity contribution < 1.29 is 79.6 Å². The topological polar surface area (TPSA) is 299 Å². The fourth-order valence-electron chi connectivity index (χ4n) is 8.00. The maximum atomic E-state index is 12.6. The number of hydrogen-bond donors (Lipinski definition) is 11. The van der Waals surface area contributed by atoms with Gasteiger partial charge in [-0.1, -0.05) is 98.9 Å². The van der Waals surface area contributed by atoms with E-state index in [-0.39, 0.29) is 50.9 Å². The van der Waals surface area contributed by atoms with Gasteiger partial charge >= 0.3 is 11.9 Å². The fraction of sp³-hybridized carbons (Fsp3) is 0.660. The van der Waals surface area contributed by atoms with Crippen molar-refractivity contribution in [3.05, 3.63) is 85.1 Å². The number of hydrogen-bond acceptors (Lipinski definition) is 16. The molecule has 3 aliphatic rings. The summed E-state index contributed by atoms with van der Waals surface area (Å²) in [5.74, 6) is -6.55. The second-order valence-corrected chi connectivity index (χ2v) is 17.4. The number of rotatable bonds is 3. The normalized spacial score (nSPS) is 41.3. The molecule has 0 saturated carbocycles. The van der Waals surface area contributed by atoms with Crippen LogP contribution >= 0.6 is 0 Å². The van der Waals surface area contributed by atoms with Gasteiger partial charge in [-0.25, -0.2) is 0 Å². The van der Waals surface area contributed by atoms with Gasteiger partial charge in [0.2, 0.25) is 0 Å². The van der Waals surface area contributed by atoms with E-state index < -0.39 is 128 Å². The maximum absolute atomic E-state index is 12.6. The number of cyclic esters (lactones) is 1. The standard InChI is InChI=1S/C47H73NO16/c1-28-18-15-13-11-9-7-5-6-8-10-12-14-16-21-36(63-46-44(57)41(48)43(56)31(4)62-46)25-38-40(45(58)59)37(53)27-47(60,64-38)26-35(52)23-33(50)20-17-19-32(49)22-34(51)24-39(54)61-30(3)29(2)42(28)55/h5-16,18,21,28-38,40-44,46,49-53,55-57,60H,17,19-20,22-27,48H2,1-4H3,(H,58,59)/t28-,29-,30-,31+,32+,33-,34+,35-,36-,37-,38-,40+,41-,42+,43+,44-,46-,47+/m0/s1. The number of esters is 1. The van der Waals surface area contributed by atoms with Crippen molar-refractivity contribution in [2.75, 3.05) is 0 Å². The van der Waals surface area contributed by atoms with Gasteiger partial charge in [-0.15, -0.1) is 0 Å². The number of carboxylic acids is 1. The van der Waals surface area contributed by atoms with Crippen molar-refractivity contribution in [3.63, 3.8) is 0 Å². The quantitative estimate of drug-likeness (QED) is 0.180. The molecule has 2 saturated heterocycles. The SMILES string of the molecule is C[C@@H]1[C@H](O)[C@@H](C)C=CC=CC=CC=CC=CC=CC=C[C@H](O[C@@H]2O[C@H](C)[C@@H](O)[C@H](N)[C@@H]2O)C[C@@H]2O[C@](O)(C[C@@H](O)C[C@@H](O)CCC[C@@H](O)C[C@@H](O)CC(=O)O[C@H]1C)C[C@H](O)[C@H]2C(=O)O. The molecule has 17 nitrogen and oxygen atoms in total. The highest BCUT2D eigenvalue weighted by molar-refractivity contribution is 5.71. The molecule has 0 unspecified atom stereocenters. The first-order chi connectivity index (χ1) is 30.2. The van der Waals surface area contributed by atoms with Crippen molar-refractivity contribution in [2.45, 2.75) is 177 Å². The molecule has 3 rings (SSSR count). The molecule has 3 aliphatic heterocycles. The number of aliphatic hydroxyl groups is 9. The van der Waals surface area contributed by atoms with Crippen LogP contribution in [0.2, 0.25) is 0 Å². The van der Waals surface area contributed by atoms with Crippen LogP contribution in [-0.4, -0.2) is 154 Å². The first-order valence-corrected chi connectivity index (χ1v) is 22.2. The van der Waals surface area contributed by atoms with Gasteiger partial charge < -0.3 is 75.7 Å². The molecule has 0 aromatic rings. The summed E-state index contributed by atoms with van der Waals surface area (Å²) in [6.45, 7) is 6.82. The third-order valence-corrected chi connectivity index (χ3v) is 11.9. The minimum absolute atomic E-state index is 0.122. The molecule has 0 radical (unpaired) electrons. The van der Waals surface area contributed by atoms with Gasteiger partial charge in [-0.2, -0.15) is 0 Å². The van der Waals surface area contributed by atoms with Crippen LogP contribution < -0.4 is 5.73 Å². The van der Waals surface area contributed by atoms with Crippen LogP contribution in [0.4, 0.5) is 0 Å². The van der Waals surface area contributed by atoms with Gasteiger partial charge in [0, 0.05) is 31.1 Å². The predicted octanol–water partition coefficient (Wildman–Crippen LogP) is 1.74. The van der Waals surface area contributed by atoms with Gasteiger partial charge in [0.1, 0.15) is 18.1 Å². The number of aliphatic carboxylic acids is 1. The summed E-state index contributed by atoms with van der Waals surface area (Å²) >= 11 is 0. The summed E-state index contributed by atoms with van der Waals surface area (Å²) in [7, 11) is 0. The minimum atomic E-state index is -2.23. The van der Waals surface area contributed by atoms with Crippen molar-refractivity contribution in [1.82, 2.24) is 0 Å². The molecule has 17 heteroatoms. The van der Waals surface area contributed by atoms with Crippen molar-refractivity contribution in [2.24, 2.45) is 23.5 Å². The Morgan fingerprint density at radius 2 is 1.22 bits per heavy atom. The van der Waals surface area contributed by atoms with E-state index in [0.717, 1.165) is 0 Å². The van der Waals surface area contributed by atoms with Crippen molar-refractivity contribution >= 4 is 11.9 Å². The minimum Gasteiger partial charge on any atom is -0.481 e. The van der Waals surface area contributed by atoms with Gasteiger partial charge in [-0.3, -0.25) is 9.59 Å². The molecule has 362 valence electrons. The Morgan fingerprint density at radius 1 is 0.688 bits per heavy atom. The Kier molecular flexibility index (Phi) is 23.4. The molecule has 64 heavy (non-hydrogen) atoms. The molecule has 0 aliphatic carbocycles. The molecule has 0 aromatic heterocycles. The molecule has 18 atom stereocenters. The van der Waals surface area contributed by atoms with Crippen LogP contribution in [0.25, 0.3) is 0 Å². The molecule has 2 fully saturated rings. The zero-order valence-electron chi connectivity index (χ0n) is 37.3. The first-order valence-electron chi connectivity index (χ1n) is 22.2. The van der Waals surface area contributed by atoms with Gasteiger partial charge in [0.25, 0.3) is 0 Å². The van der Waals surface area contributed by atoms with Gasteiger partial charge in [-0.05, 0) is 46.0 Å². The number of carbonyl (C=O) groups excluding carboxylic acids is 1. The predicted molar refractivity (Wildman–Crippen MR) is 236 cm³/mol. The maximum Gasteiger partial charge on any atom is 0.311 e. The number of fused-ring (bicyclic) bond motifs is 2. The smallest absolute Gasteiger partial charge is 0.311 e. The second kappa shape index (κ2) is 27.3. The average Bonchev–Trinajstić information content (AvgIpc) is 3.20. The van der Waals surface area contributed by atoms with Gasteiger partial charge in [0.15, 0.2) is 12.1 Å². The van der Waals surface area contributed by atoms with E-state index in [4.69, 9.17) is 24.7 Å². The zero-order chi connectivity index (χ0) is 47.6. The Labute approximate surface area is 376 Å². The van der Waals surface area contributed by atoms with E-state index in [0.29, 0.717) is 0 Å². The highest BCUT2D eigenvalue weighted by Crippen LogP contribution is 2.38. The van der Waals surface area contributed by atoms with Crippen LogP contribution in [0.5, 0.6) is 0 Å². The number of carbonyl (C=O) groups is 2. The Hall–Kier alpha value is -3.40. The number of carboxylic acid groups (broad SMARTS) is 1. The van der Waals surface area contributed by atoms with E-state index in [1.54, 1.807) is 63.3 Å². The molecule has 3 heterocycles. The molecule has 2 bridgehead atoms. The lowest BCUT2D eigenvalue weighted by Gasteiger charge is -2.45. The summed E-state index contributed by atoms with van der Waals surface area (Å²) in [6.07, 6.45) is 7.89. The summed E-state index contributed by atoms with van der Waals surface area (Å²) in [5, 5.41) is 107. The number of allylic oxidation sites excluding steroid dienone is 12. The third-order valence-electron chi connectivity index (χ3n) is 11.9. The summed E-state index contributed by atoms with van der Waals surface area (Å²) < 4.78 is 23.2. The number of ether oxygens (including phenoxy) is 4. The number of nitrogens with two attached hydrogens (primary N) is 1. The lowest BCUT2D eigenvalue weighted by atomic mass is 9.82. The van der Waals surface area contributed by atoms with E-state index in [2.05, 4.69) is 0 Å². The first kappa shape index (κ1) is 54.9. The van der Waals surface area contributed by atoms with Crippen molar-refractivity contribution in [1.29, 1.82) is 0 Å². The monoisotopic (exact) mass is 907 g/mol. The highest BCUT2D eigenvalue weighted by atomic mass is 16.7. The van der Waals surface area contributed by atoms with Gasteiger partial charge in [0.05, 0.1) is 73.5 Å². The molecule has 0 aromatic carbocycles. The van der Waals surface area contributed by atoms with E-state index in [1.165, 1.54) is 6.08 Å². The average molecular weight is 908 g/mol.